The quantitative estimate of drug-likeness (QED) is 0.648. The molecule has 2 aromatic carbocycles. The van der Waals surface area contributed by atoms with E-state index in [4.69, 9.17) is 4.74 Å². The van der Waals surface area contributed by atoms with Crippen LogP contribution < -0.4 is 25.2 Å². The monoisotopic (exact) mass is 410 g/mol. The number of carbonyl (C=O) groups excluding carboxylic acids is 2. The second-order valence-corrected chi connectivity index (χ2v) is 7.38. The zero-order chi connectivity index (χ0) is 21.3. The summed E-state index contributed by atoms with van der Waals surface area (Å²) in [5, 5.41) is 5.74. The van der Waals surface area contributed by atoms with Gasteiger partial charge in [0.1, 0.15) is 5.75 Å². The molecule has 1 saturated heterocycles. The number of hydrogen-bond acceptors (Lipinski definition) is 4. The number of carbonyl (C=O) groups is 2. The normalized spacial score (nSPS) is 13.7. The van der Waals surface area contributed by atoms with Gasteiger partial charge in [-0.05, 0) is 49.6 Å². The summed E-state index contributed by atoms with van der Waals surface area (Å²) in [7, 11) is 3.62. The fourth-order valence-corrected chi connectivity index (χ4v) is 3.54. The number of nitrogens with zero attached hydrogens (tertiary/aromatic N) is 2. The van der Waals surface area contributed by atoms with E-state index in [1.54, 1.807) is 30.2 Å². The van der Waals surface area contributed by atoms with Gasteiger partial charge in [-0.3, -0.25) is 4.79 Å². The number of urea groups is 1. The molecule has 3 amide bonds. The van der Waals surface area contributed by atoms with Crippen molar-refractivity contribution in [3.63, 3.8) is 0 Å². The van der Waals surface area contributed by atoms with Crippen LogP contribution in [0.15, 0.2) is 48.5 Å². The molecule has 0 saturated carbocycles. The number of ether oxygens (including phenoxy) is 1. The first-order chi connectivity index (χ1) is 14.6. The van der Waals surface area contributed by atoms with Crippen molar-refractivity contribution in [2.75, 3.05) is 48.9 Å². The summed E-state index contributed by atoms with van der Waals surface area (Å²) in [6.45, 7) is 2.07. The highest BCUT2D eigenvalue weighted by molar-refractivity contribution is 5.97. The summed E-state index contributed by atoms with van der Waals surface area (Å²) in [5.74, 6) is 0.712. The van der Waals surface area contributed by atoms with Gasteiger partial charge in [-0.2, -0.15) is 0 Å². The Balaban J connectivity index is 1.51. The molecule has 1 heterocycles. The van der Waals surface area contributed by atoms with Gasteiger partial charge in [0.25, 0.3) is 0 Å². The van der Waals surface area contributed by atoms with Gasteiger partial charge in [0.05, 0.1) is 12.8 Å². The van der Waals surface area contributed by atoms with Crippen molar-refractivity contribution >= 4 is 29.0 Å². The number of hydrogen-bond donors (Lipinski definition) is 2. The molecule has 0 spiro atoms. The van der Waals surface area contributed by atoms with Crippen molar-refractivity contribution in [1.29, 1.82) is 0 Å². The maximum Gasteiger partial charge on any atom is 0.319 e. The lowest BCUT2D eigenvalue weighted by Gasteiger charge is -2.28. The van der Waals surface area contributed by atoms with Gasteiger partial charge < -0.3 is 25.2 Å². The fourth-order valence-electron chi connectivity index (χ4n) is 3.54. The third-order valence-electron chi connectivity index (χ3n) is 5.20. The Labute approximate surface area is 178 Å². The Morgan fingerprint density at radius 1 is 1.17 bits per heavy atom. The van der Waals surface area contributed by atoms with Crippen molar-refractivity contribution in [3.05, 3.63) is 48.5 Å². The Hall–Kier alpha value is -3.22. The van der Waals surface area contributed by atoms with Gasteiger partial charge in [0.15, 0.2) is 0 Å². The average molecular weight is 411 g/mol. The van der Waals surface area contributed by atoms with Gasteiger partial charge in [-0.1, -0.05) is 18.2 Å². The molecular weight excluding hydrogens is 380 g/mol. The van der Waals surface area contributed by atoms with Crippen LogP contribution >= 0.6 is 0 Å². The van der Waals surface area contributed by atoms with E-state index in [1.807, 2.05) is 25.2 Å². The van der Waals surface area contributed by atoms with Crippen LogP contribution in [0.2, 0.25) is 0 Å². The van der Waals surface area contributed by atoms with E-state index in [2.05, 4.69) is 27.7 Å². The van der Waals surface area contributed by atoms with Crippen LogP contribution in [0.4, 0.5) is 21.9 Å². The van der Waals surface area contributed by atoms with Crippen molar-refractivity contribution in [3.8, 4) is 5.75 Å². The molecule has 0 radical (unpaired) electrons. The number of rotatable bonds is 8. The highest BCUT2D eigenvalue weighted by Crippen LogP contribution is 2.33. The SMILES string of the molecule is COc1ccc(NC(=O)NCCCN(C)c2ccccc2)cc1N1CCCCC1=O. The Morgan fingerprint density at radius 3 is 2.70 bits per heavy atom. The lowest BCUT2D eigenvalue weighted by molar-refractivity contribution is -0.119. The zero-order valence-corrected chi connectivity index (χ0v) is 17.7. The summed E-state index contributed by atoms with van der Waals surface area (Å²) in [6.07, 6.45) is 3.25. The number of piperidine rings is 1. The van der Waals surface area contributed by atoms with Crippen molar-refractivity contribution in [2.24, 2.45) is 0 Å². The summed E-state index contributed by atoms with van der Waals surface area (Å²) >= 11 is 0. The maximum absolute atomic E-state index is 12.3. The Kier molecular flexibility index (Phi) is 7.54. The van der Waals surface area contributed by atoms with E-state index in [0.717, 1.165) is 31.5 Å². The molecule has 0 aliphatic carbocycles. The van der Waals surface area contributed by atoms with Gasteiger partial charge in [-0.15, -0.1) is 0 Å². The van der Waals surface area contributed by atoms with E-state index in [-0.39, 0.29) is 11.9 Å². The predicted octanol–water partition coefficient (Wildman–Crippen LogP) is 3.86. The summed E-state index contributed by atoms with van der Waals surface area (Å²) < 4.78 is 5.42. The summed E-state index contributed by atoms with van der Waals surface area (Å²) in [6, 6.07) is 15.2. The van der Waals surface area contributed by atoms with Gasteiger partial charge in [0.2, 0.25) is 5.91 Å². The van der Waals surface area contributed by atoms with Crippen molar-refractivity contribution < 1.29 is 14.3 Å². The first kappa shape index (κ1) is 21.5. The molecule has 2 aromatic rings. The van der Waals surface area contributed by atoms with Crippen molar-refractivity contribution in [1.82, 2.24) is 5.32 Å². The third kappa shape index (κ3) is 5.65. The molecule has 30 heavy (non-hydrogen) atoms. The number of anilines is 3. The molecule has 160 valence electrons. The molecule has 0 unspecified atom stereocenters. The summed E-state index contributed by atoms with van der Waals surface area (Å²) in [4.78, 5) is 28.5. The average Bonchev–Trinajstić information content (AvgIpc) is 2.77. The van der Waals surface area contributed by atoms with Crippen LogP contribution in [0.3, 0.4) is 0 Å². The highest BCUT2D eigenvalue weighted by atomic mass is 16.5. The first-order valence-corrected chi connectivity index (χ1v) is 10.4. The summed E-state index contributed by atoms with van der Waals surface area (Å²) in [5.41, 5.74) is 2.48. The minimum Gasteiger partial charge on any atom is -0.495 e. The molecule has 7 nitrogen and oxygen atoms in total. The number of nitrogens with one attached hydrogen (secondary N) is 2. The molecule has 0 aromatic heterocycles. The van der Waals surface area contributed by atoms with Crippen LogP contribution in [0.1, 0.15) is 25.7 Å². The van der Waals surface area contributed by atoms with Crippen molar-refractivity contribution in [2.45, 2.75) is 25.7 Å². The third-order valence-corrected chi connectivity index (χ3v) is 5.20. The number of para-hydroxylation sites is 1. The van der Waals surface area contributed by atoms with E-state index in [1.165, 1.54) is 0 Å². The van der Waals surface area contributed by atoms with Crippen LogP contribution in [0, 0.1) is 0 Å². The first-order valence-electron chi connectivity index (χ1n) is 10.4. The van der Waals surface area contributed by atoms with E-state index < -0.39 is 0 Å². The van der Waals surface area contributed by atoms with Crippen LogP contribution in [-0.4, -0.2) is 45.7 Å². The number of benzene rings is 2. The molecule has 1 fully saturated rings. The predicted molar refractivity (Wildman–Crippen MR) is 121 cm³/mol. The molecule has 0 bridgehead atoms. The van der Waals surface area contributed by atoms with Gasteiger partial charge in [0, 0.05) is 44.5 Å². The molecule has 0 atom stereocenters. The van der Waals surface area contributed by atoms with Crippen LogP contribution in [0.25, 0.3) is 0 Å². The minimum atomic E-state index is -0.265. The second-order valence-electron chi connectivity index (χ2n) is 7.38. The van der Waals surface area contributed by atoms with Crippen LogP contribution in [0.5, 0.6) is 5.75 Å². The van der Waals surface area contributed by atoms with Gasteiger partial charge in [-0.25, -0.2) is 4.79 Å². The standard InChI is InChI=1S/C23H30N4O3/c1-26(19-9-4-3-5-10-19)15-8-14-24-23(29)25-18-12-13-21(30-2)20(17-18)27-16-7-6-11-22(27)28/h3-5,9-10,12-13,17H,6-8,11,14-16H2,1-2H3,(H2,24,25,29). The second kappa shape index (κ2) is 10.5. The van der Waals surface area contributed by atoms with E-state index >= 15 is 0 Å². The zero-order valence-electron chi connectivity index (χ0n) is 17.7. The lowest BCUT2D eigenvalue weighted by atomic mass is 10.1. The highest BCUT2D eigenvalue weighted by Gasteiger charge is 2.23. The largest absolute Gasteiger partial charge is 0.495 e. The lowest BCUT2D eigenvalue weighted by Crippen LogP contribution is -2.35. The van der Waals surface area contributed by atoms with Crippen LogP contribution in [-0.2, 0) is 4.79 Å². The molecular formula is C23H30N4O3. The molecule has 2 N–H and O–H groups in total. The van der Waals surface area contributed by atoms with Gasteiger partial charge >= 0.3 is 6.03 Å². The van der Waals surface area contributed by atoms with E-state index in [0.29, 0.717) is 36.6 Å². The Morgan fingerprint density at radius 2 is 1.97 bits per heavy atom. The molecule has 1 aliphatic rings. The molecule has 3 rings (SSSR count). The maximum atomic E-state index is 12.3. The smallest absolute Gasteiger partial charge is 0.319 e. The number of amides is 3. The van der Waals surface area contributed by atoms with E-state index in [9.17, 15) is 9.59 Å². The number of methoxy groups -OCH3 is 1. The topological polar surface area (TPSA) is 73.9 Å². The molecule has 7 heteroatoms. The minimum absolute atomic E-state index is 0.0867. The fraction of sp³-hybridized carbons (Fsp3) is 0.391. The Bertz CT molecular complexity index is 857. The molecule has 1 aliphatic heterocycles.